The second-order valence-corrected chi connectivity index (χ2v) is 4.95. The first-order valence-corrected chi connectivity index (χ1v) is 7.04. The highest BCUT2D eigenvalue weighted by Crippen LogP contribution is 1.84. The van der Waals surface area contributed by atoms with Crippen molar-refractivity contribution in [1.29, 1.82) is 0 Å². The number of hydrogen-bond donors (Lipinski definition) is 4. The van der Waals surface area contributed by atoms with Gasteiger partial charge in [-0.2, -0.15) is 0 Å². The van der Waals surface area contributed by atoms with Gasteiger partial charge in [-0.05, 0) is 13.3 Å². The SMILES string of the molecule is CCOCCCN=C(NN)NCCS(N)(=O)=O. The molecule has 0 saturated heterocycles. The maximum Gasteiger partial charge on any atom is 0.210 e. The molecule has 0 aliphatic rings. The number of rotatable bonds is 8. The number of sulfonamides is 1. The molecule has 6 N–H and O–H groups in total. The van der Waals surface area contributed by atoms with Crippen molar-refractivity contribution < 1.29 is 13.2 Å². The summed E-state index contributed by atoms with van der Waals surface area (Å²) in [5, 5.41) is 7.57. The van der Waals surface area contributed by atoms with E-state index in [1.807, 2.05) is 6.92 Å². The normalized spacial score (nSPS) is 12.5. The maximum absolute atomic E-state index is 10.7. The van der Waals surface area contributed by atoms with E-state index in [1.54, 1.807) is 0 Å². The zero-order chi connectivity index (χ0) is 13.1. The molecule has 9 heteroatoms. The van der Waals surface area contributed by atoms with Crippen LogP contribution in [0, 0.1) is 0 Å². The number of ether oxygens (including phenoxy) is 1. The fraction of sp³-hybridized carbons (Fsp3) is 0.875. The summed E-state index contributed by atoms with van der Waals surface area (Å²) in [7, 11) is -3.47. The van der Waals surface area contributed by atoms with Gasteiger partial charge in [0.2, 0.25) is 16.0 Å². The number of primary sulfonamides is 1. The van der Waals surface area contributed by atoms with E-state index in [1.165, 1.54) is 0 Å². The Bertz CT molecular complexity index is 317. The van der Waals surface area contributed by atoms with E-state index in [0.717, 1.165) is 6.42 Å². The molecule has 0 saturated carbocycles. The largest absolute Gasteiger partial charge is 0.382 e. The lowest BCUT2D eigenvalue weighted by molar-refractivity contribution is 0.146. The van der Waals surface area contributed by atoms with Gasteiger partial charge in [0.1, 0.15) is 0 Å². The molecule has 0 aliphatic heterocycles. The molecule has 0 heterocycles. The molecule has 0 amide bonds. The molecule has 0 radical (unpaired) electrons. The van der Waals surface area contributed by atoms with Crippen LogP contribution in [0.15, 0.2) is 4.99 Å². The van der Waals surface area contributed by atoms with Crippen LogP contribution in [0.2, 0.25) is 0 Å². The van der Waals surface area contributed by atoms with Crippen LogP contribution in [0.4, 0.5) is 0 Å². The molecular formula is C8H21N5O3S. The summed E-state index contributed by atoms with van der Waals surface area (Å²) in [6, 6.07) is 0. The smallest absolute Gasteiger partial charge is 0.210 e. The zero-order valence-electron chi connectivity index (χ0n) is 9.98. The molecule has 0 aromatic rings. The minimum atomic E-state index is -3.47. The highest BCUT2D eigenvalue weighted by atomic mass is 32.2. The number of nitrogens with zero attached hydrogens (tertiary/aromatic N) is 1. The van der Waals surface area contributed by atoms with Gasteiger partial charge in [-0.1, -0.05) is 0 Å². The predicted molar refractivity (Wildman–Crippen MR) is 66.7 cm³/mol. The standard InChI is InChI=1S/C8H21N5O3S/c1-2-16-6-3-4-11-8(13-9)12-5-7-17(10,14)15/h2-7,9H2,1H3,(H2,10,14,15)(H2,11,12,13). The summed E-state index contributed by atoms with van der Waals surface area (Å²) in [4.78, 5) is 4.09. The molecule has 0 aromatic heterocycles. The minimum Gasteiger partial charge on any atom is -0.382 e. The molecule has 0 rings (SSSR count). The van der Waals surface area contributed by atoms with Crippen molar-refractivity contribution >= 4 is 16.0 Å². The monoisotopic (exact) mass is 267 g/mol. The molecule has 0 fully saturated rings. The Balaban J connectivity index is 3.78. The third-order valence-corrected chi connectivity index (χ3v) is 2.51. The molecular weight excluding hydrogens is 246 g/mol. The maximum atomic E-state index is 10.7. The van der Waals surface area contributed by atoms with E-state index in [0.29, 0.717) is 25.7 Å². The Hall–Kier alpha value is -0.900. The highest BCUT2D eigenvalue weighted by molar-refractivity contribution is 7.89. The van der Waals surface area contributed by atoms with Gasteiger partial charge in [-0.15, -0.1) is 0 Å². The van der Waals surface area contributed by atoms with Crippen LogP contribution in [0.25, 0.3) is 0 Å². The summed E-state index contributed by atoms with van der Waals surface area (Å²) in [6.45, 7) is 3.94. The molecule has 0 aromatic carbocycles. The Labute approximate surface area is 102 Å². The summed E-state index contributed by atoms with van der Waals surface area (Å²) in [5.41, 5.74) is 2.34. The van der Waals surface area contributed by atoms with Crippen LogP contribution in [-0.2, 0) is 14.8 Å². The molecule has 102 valence electrons. The second-order valence-electron chi connectivity index (χ2n) is 3.22. The van der Waals surface area contributed by atoms with Gasteiger partial charge in [0.05, 0.1) is 5.75 Å². The van der Waals surface area contributed by atoms with Crippen LogP contribution >= 0.6 is 0 Å². The van der Waals surface area contributed by atoms with Crippen molar-refractivity contribution in [3.63, 3.8) is 0 Å². The number of aliphatic imine (C=N–C) groups is 1. The quantitative estimate of drug-likeness (QED) is 0.134. The van der Waals surface area contributed by atoms with E-state index in [9.17, 15) is 8.42 Å². The average molecular weight is 267 g/mol. The summed E-state index contributed by atoms with van der Waals surface area (Å²) in [5.74, 6) is 5.37. The van der Waals surface area contributed by atoms with Crippen molar-refractivity contribution in [2.45, 2.75) is 13.3 Å². The topological polar surface area (TPSA) is 132 Å². The fourth-order valence-electron chi connectivity index (χ4n) is 0.966. The zero-order valence-corrected chi connectivity index (χ0v) is 10.8. The first kappa shape index (κ1) is 16.1. The van der Waals surface area contributed by atoms with Crippen molar-refractivity contribution in [3.8, 4) is 0 Å². The third-order valence-electron chi connectivity index (χ3n) is 1.74. The van der Waals surface area contributed by atoms with Gasteiger partial charge in [0.25, 0.3) is 0 Å². The van der Waals surface area contributed by atoms with E-state index in [4.69, 9.17) is 15.7 Å². The lowest BCUT2D eigenvalue weighted by Crippen LogP contribution is -2.43. The summed E-state index contributed by atoms with van der Waals surface area (Å²) < 4.78 is 26.5. The van der Waals surface area contributed by atoms with Crippen molar-refractivity contribution in [2.24, 2.45) is 16.0 Å². The van der Waals surface area contributed by atoms with Crippen LogP contribution in [0.5, 0.6) is 0 Å². The van der Waals surface area contributed by atoms with Crippen LogP contribution in [0.1, 0.15) is 13.3 Å². The summed E-state index contributed by atoms with van der Waals surface area (Å²) >= 11 is 0. The Morgan fingerprint density at radius 3 is 2.71 bits per heavy atom. The molecule has 0 bridgehead atoms. The minimum absolute atomic E-state index is 0.160. The van der Waals surface area contributed by atoms with E-state index in [-0.39, 0.29) is 12.3 Å². The lowest BCUT2D eigenvalue weighted by atomic mass is 10.4. The molecule has 0 aliphatic carbocycles. The number of nitrogens with two attached hydrogens (primary N) is 2. The second kappa shape index (κ2) is 9.16. The van der Waals surface area contributed by atoms with E-state index >= 15 is 0 Å². The summed E-state index contributed by atoms with van der Waals surface area (Å²) in [6.07, 6.45) is 0.774. The predicted octanol–water partition coefficient (Wildman–Crippen LogP) is -1.89. The van der Waals surface area contributed by atoms with Crippen molar-refractivity contribution in [3.05, 3.63) is 0 Å². The van der Waals surface area contributed by atoms with Gasteiger partial charge in [0, 0.05) is 26.3 Å². The lowest BCUT2D eigenvalue weighted by Gasteiger charge is -2.08. The number of hydrogen-bond acceptors (Lipinski definition) is 5. The van der Waals surface area contributed by atoms with Gasteiger partial charge >= 0.3 is 0 Å². The Morgan fingerprint density at radius 2 is 2.18 bits per heavy atom. The molecule has 0 unspecified atom stereocenters. The van der Waals surface area contributed by atoms with E-state index < -0.39 is 10.0 Å². The third kappa shape index (κ3) is 11.4. The first-order chi connectivity index (χ1) is 7.99. The van der Waals surface area contributed by atoms with Gasteiger partial charge < -0.3 is 10.1 Å². The fourth-order valence-corrected chi connectivity index (χ4v) is 1.35. The Kier molecular flexibility index (Phi) is 8.68. The van der Waals surface area contributed by atoms with Gasteiger partial charge in [0.15, 0.2) is 0 Å². The highest BCUT2D eigenvalue weighted by Gasteiger charge is 2.02. The molecule has 17 heavy (non-hydrogen) atoms. The van der Waals surface area contributed by atoms with Crippen LogP contribution < -0.4 is 21.7 Å². The van der Waals surface area contributed by atoms with Gasteiger partial charge in [-0.3, -0.25) is 10.4 Å². The van der Waals surface area contributed by atoms with Gasteiger partial charge in [-0.25, -0.2) is 19.4 Å². The molecule has 0 atom stereocenters. The number of guanidine groups is 1. The van der Waals surface area contributed by atoms with Crippen LogP contribution in [0.3, 0.4) is 0 Å². The first-order valence-electron chi connectivity index (χ1n) is 5.32. The van der Waals surface area contributed by atoms with Crippen LogP contribution in [-0.4, -0.2) is 46.4 Å². The molecule has 8 nitrogen and oxygen atoms in total. The van der Waals surface area contributed by atoms with Crippen molar-refractivity contribution in [1.82, 2.24) is 10.7 Å². The Morgan fingerprint density at radius 1 is 1.47 bits per heavy atom. The number of nitrogens with one attached hydrogen (secondary N) is 2. The number of hydrazine groups is 1. The van der Waals surface area contributed by atoms with Crippen molar-refractivity contribution in [2.75, 3.05) is 32.1 Å². The molecule has 0 spiro atoms. The van der Waals surface area contributed by atoms with E-state index in [2.05, 4.69) is 15.7 Å². The average Bonchev–Trinajstić information content (AvgIpc) is 2.25.